The van der Waals surface area contributed by atoms with Crippen LogP contribution in [-0.2, 0) is 0 Å². The second-order valence-corrected chi connectivity index (χ2v) is 18.2. The standard InChI is InChI=1S/C44H42Cl2P2/c1-27-9-17-35(18-10-27)47(36-19-11-28(2)12-20-36)39-25-31(5)43(45)33(7)41(39)42-34(8)44(46)32(6)26-40(42)48(37-21-13-29(3)14-22-37)38-23-15-30(4)16-24-38/h9-26H,1-8H3. The van der Waals surface area contributed by atoms with Gasteiger partial charge in [0.05, 0.1) is 0 Å². The molecule has 6 rings (SSSR count). The van der Waals surface area contributed by atoms with Crippen LogP contribution in [0.3, 0.4) is 0 Å². The van der Waals surface area contributed by atoms with Gasteiger partial charge in [-0.3, -0.25) is 0 Å². The molecule has 4 heteroatoms. The molecule has 0 radical (unpaired) electrons. The molecule has 0 amide bonds. The van der Waals surface area contributed by atoms with Gasteiger partial charge >= 0.3 is 0 Å². The second-order valence-electron chi connectivity index (χ2n) is 13.1. The number of benzene rings is 6. The minimum Gasteiger partial charge on any atom is -0.0837 e. The Hall–Kier alpha value is -3.24. The molecule has 0 saturated heterocycles. The molecule has 0 bridgehead atoms. The molecule has 242 valence electrons. The van der Waals surface area contributed by atoms with Crippen LogP contribution in [0.1, 0.15) is 44.5 Å². The van der Waals surface area contributed by atoms with E-state index in [0.717, 1.165) is 32.3 Å². The number of hydrogen-bond donors (Lipinski definition) is 0. The van der Waals surface area contributed by atoms with Gasteiger partial charge in [-0.25, -0.2) is 0 Å². The highest BCUT2D eigenvalue weighted by Gasteiger charge is 2.30. The lowest BCUT2D eigenvalue weighted by atomic mass is 9.93. The van der Waals surface area contributed by atoms with Crippen LogP contribution in [0, 0.1) is 55.4 Å². The molecule has 48 heavy (non-hydrogen) atoms. The van der Waals surface area contributed by atoms with Crippen LogP contribution in [0.15, 0.2) is 109 Å². The molecule has 0 nitrogen and oxygen atoms in total. The second kappa shape index (κ2) is 14.3. The van der Waals surface area contributed by atoms with E-state index in [4.69, 9.17) is 23.2 Å². The van der Waals surface area contributed by atoms with Gasteiger partial charge in [-0.2, -0.15) is 0 Å². The summed E-state index contributed by atoms with van der Waals surface area (Å²) in [5.74, 6) is 0. The first kappa shape index (κ1) is 34.6. The van der Waals surface area contributed by atoms with E-state index in [1.165, 1.54) is 65.2 Å². The fourth-order valence-electron chi connectivity index (χ4n) is 6.49. The van der Waals surface area contributed by atoms with E-state index in [1.54, 1.807) is 0 Å². The normalized spacial score (nSPS) is 11.5. The van der Waals surface area contributed by atoms with Gasteiger partial charge in [0.2, 0.25) is 0 Å². The van der Waals surface area contributed by atoms with Crippen molar-refractivity contribution < 1.29 is 0 Å². The lowest BCUT2D eigenvalue weighted by Gasteiger charge is -2.30. The van der Waals surface area contributed by atoms with Crippen LogP contribution in [0.2, 0.25) is 10.0 Å². The molecule has 0 heterocycles. The van der Waals surface area contributed by atoms with Gasteiger partial charge < -0.3 is 0 Å². The minimum absolute atomic E-state index is 0.813. The first-order chi connectivity index (χ1) is 22.9. The van der Waals surface area contributed by atoms with Crippen molar-refractivity contribution in [3.05, 3.63) is 164 Å². The molecule has 0 aliphatic heterocycles. The van der Waals surface area contributed by atoms with Gasteiger partial charge in [0.1, 0.15) is 0 Å². The number of aryl methyl sites for hydroxylation is 6. The predicted molar refractivity (Wildman–Crippen MR) is 217 cm³/mol. The predicted octanol–water partition coefficient (Wildman–Crippen LogP) is 10.6. The van der Waals surface area contributed by atoms with Crippen molar-refractivity contribution in [1.29, 1.82) is 0 Å². The Balaban J connectivity index is 1.75. The van der Waals surface area contributed by atoms with Gasteiger partial charge in [0, 0.05) is 10.0 Å². The summed E-state index contributed by atoms with van der Waals surface area (Å²) in [6, 6.07) is 41.1. The average molecular weight is 704 g/mol. The zero-order valence-corrected chi connectivity index (χ0v) is 32.3. The summed E-state index contributed by atoms with van der Waals surface area (Å²) in [5, 5.41) is 9.52. The molecule has 0 unspecified atom stereocenters. The van der Waals surface area contributed by atoms with Gasteiger partial charge in [0.15, 0.2) is 0 Å². The lowest BCUT2D eigenvalue weighted by Crippen LogP contribution is -2.28. The summed E-state index contributed by atoms with van der Waals surface area (Å²) in [4.78, 5) is 0. The third-order valence-electron chi connectivity index (χ3n) is 9.22. The fourth-order valence-corrected chi connectivity index (χ4v) is 11.9. The van der Waals surface area contributed by atoms with Crippen LogP contribution in [0.25, 0.3) is 11.1 Å². The zero-order chi connectivity index (χ0) is 34.3. The van der Waals surface area contributed by atoms with E-state index in [1.807, 2.05) is 0 Å². The van der Waals surface area contributed by atoms with E-state index in [-0.39, 0.29) is 0 Å². The Labute approximate surface area is 299 Å². The van der Waals surface area contributed by atoms with Crippen LogP contribution in [-0.4, -0.2) is 0 Å². The van der Waals surface area contributed by atoms with Gasteiger partial charge in [-0.05, 0) is 149 Å². The van der Waals surface area contributed by atoms with Crippen molar-refractivity contribution in [2.45, 2.75) is 55.4 Å². The van der Waals surface area contributed by atoms with Gasteiger partial charge in [0.25, 0.3) is 0 Å². The maximum atomic E-state index is 7.25. The molecule has 6 aromatic carbocycles. The molecule has 0 N–H and O–H groups in total. The Kier molecular flexibility index (Phi) is 10.3. The van der Waals surface area contributed by atoms with Crippen molar-refractivity contribution in [3.63, 3.8) is 0 Å². The highest BCUT2D eigenvalue weighted by molar-refractivity contribution is 7.80. The third kappa shape index (κ3) is 6.79. The maximum Gasteiger partial charge on any atom is 0.0471 e. The summed E-state index contributed by atoms with van der Waals surface area (Å²) in [6.07, 6.45) is 0. The number of hydrogen-bond acceptors (Lipinski definition) is 0. The van der Waals surface area contributed by atoms with Crippen LogP contribution in [0.4, 0.5) is 0 Å². The topological polar surface area (TPSA) is 0 Å². The molecule has 0 fully saturated rings. The average Bonchev–Trinajstić information content (AvgIpc) is 3.07. The Morgan fingerprint density at radius 2 is 0.583 bits per heavy atom. The molecular weight excluding hydrogens is 661 g/mol. The fraction of sp³-hybridized carbons (Fsp3) is 0.182. The Morgan fingerprint density at radius 1 is 0.354 bits per heavy atom. The highest BCUT2D eigenvalue weighted by atomic mass is 35.5. The Bertz CT molecular complexity index is 1850. The SMILES string of the molecule is Cc1ccc(P(c2ccc(C)cc2)c2cc(C)c(Cl)c(C)c2-c2c(P(c3ccc(C)cc3)c3ccc(C)cc3)cc(C)c(Cl)c2C)cc1. The van der Waals surface area contributed by atoms with E-state index in [0.29, 0.717) is 0 Å². The summed E-state index contributed by atoms with van der Waals surface area (Å²) in [6.45, 7) is 17.3. The van der Waals surface area contributed by atoms with Crippen molar-refractivity contribution >= 4 is 70.9 Å². The molecular formula is C44H42Cl2P2. The number of halogens is 2. The monoisotopic (exact) mass is 702 g/mol. The van der Waals surface area contributed by atoms with Crippen molar-refractivity contribution in [2.75, 3.05) is 0 Å². The van der Waals surface area contributed by atoms with Crippen LogP contribution in [0.5, 0.6) is 0 Å². The van der Waals surface area contributed by atoms with E-state index in [2.05, 4.69) is 165 Å². The maximum absolute atomic E-state index is 7.25. The molecule has 0 aliphatic carbocycles. The first-order valence-corrected chi connectivity index (χ1v) is 19.8. The zero-order valence-electron chi connectivity index (χ0n) is 29.0. The quantitative estimate of drug-likeness (QED) is 0.145. The summed E-state index contributed by atoms with van der Waals surface area (Å²) < 4.78 is 0. The van der Waals surface area contributed by atoms with Crippen molar-refractivity contribution in [1.82, 2.24) is 0 Å². The van der Waals surface area contributed by atoms with Crippen LogP contribution < -0.4 is 31.8 Å². The first-order valence-electron chi connectivity index (χ1n) is 16.4. The van der Waals surface area contributed by atoms with E-state index < -0.39 is 15.8 Å². The largest absolute Gasteiger partial charge is 0.0837 e. The van der Waals surface area contributed by atoms with Crippen molar-refractivity contribution in [2.24, 2.45) is 0 Å². The Morgan fingerprint density at radius 3 is 0.812 bits per heavy atom. The van der Waals surface area contributed by atoms with Crippen molar-refractivity contribution in [3.8, 4) is 11.1 Å². The van der Waals surface area contributed by atoms with Crippen LogP contribution >= 0.6 is 39.0 Å². The molecule has 0 aromatic heterocycles. The summed E-state index contributed by atoms with van der Waals surface area (Å²) >= 11 is 14.5. The highest BCUT2D eigenvalue weighted by Crippen LogP contribution is 2.46. The molecule has 0 spiro atoms. The number of rotatable bonds is 7. The third-order valence-corrected chi connectivity index (χ3v) is 15.3. The molecule has 0 aliphatic rings. The minimum atomic E-state index is -0.933. The summed E-state index contributed by atoms with van der Waals surface area (Å²) in [7, 11) is -1.87. The smallest absolute Gasteiger partial charge is 0.0471 e. The molecule has 6 aromatic rings. The molecule has 0 saturated carbocycles. The summed E-state index contributed by atoms with van der Waals surface area (Å²) in [5.41, 5.74) is 11.8. The van der Waals surface area contributed by atoms with E-state index >= 15 is 0 Å². The lowest BCUT2D eigenvalue weighted by molar-refractivity contribution is 1.36. The molecule has 0 atom stereocenters. The van der Waals surface area contributed by atoms with Gasteiger partial charge in [-0.1, -0.05) is 143 Å². The van der Waals surface area contributed by atoms with E-state index in [9.17, 15) is 0 Å². The van der Waals surface area contributed by atoms with Gasteiger partial charge in [-0.15, -0.1) is 0 Å².